The molecule has 1 aliphatic heterocycles. The quantitative estimate of drug-likeness (QED) is 0.530. The van der Waals surface area contributed by atoms with Gasteiger partial charge in [-0.05, 0) is 43.2 Å². The van der Waals surface area contributed by atoms with Crippen molar-refractivity contribution in [2.45, 2.75) is 13.8 Å². The number of thiazole rings is 1. The van der Waals surface area contributed by atoms with Crippen LogP contribution in [0.5, 0.6) is 5.75 Å². The molecule has 31 heavy (non-hydrogen) atoms. The summed E-state index contributed by atoms with van der Waals surface area (Å²) in [7, 11) is 0. The van der Waals surface area contributed by atoms with E-state index in [9.17, 15) is 4.79 Å². The molecule has 2 aromatic carbocycles. The lowest BCUT2D eigenvalue weighted by Crippen LogP contribution is -2.44. The zero-order valence-electron chi connectivity index (χ0n) is 17.9. The third-order valence-electron chi connectivity index (χ3n) is 5.45. The van der Waals surface area contributed by atoms with Gasteiger partial charge in [-0.2, -0.15) is 0 Å². The number of aromatic nitrogens is 1. The Morgan fingerprint density at radius 1 is 1.16 bits per heavy atom. The highest BCUT2D eigenvalue weighted by Gasteiger charge is 2.22. The molecule has 0 saturated carbocycles. The number of aryl methyl sites for hydroxylation is 2. The van der Waals surface area contributed by atoms with Gasteiger partial charge in [0.2, 0.25) is 0 Å². The Labute approximate surface area is 193 Å². The molecule has 8 heteroatoms. The molecule has 6 nitrogen and oxygen atoms in total. The Hall–Kier alpha value is -2.19. The number of nitrogens with zero attached hydrogens (tertiary/aromatic N) is 3. The van der Waals surface area contributed by atoms with Crippen molar-refractivity contribution >= 4 is 45.0 Å². The topological polar surface area (TPSA) is 54.9 Å². The molecule has 0 atom stereocenters. The lowest BCUT2D eigenvalue weighted by molar-refractivity contribution is -0.120. The van der Waals surface area contributed by atoms with E-state index >= 15 is 0 Å². The molecule has 0 unspecified atom stereocenters. The summed E-state index contributed by atoms with van der Waals surface area (Å²) in [6.07, 6.45) is 0. The highest BCUT2D eigenvalue weighted by Crippen LogP contribution is 2.32. The number of amides is 1. The summed E-state index contributed by atoms with van der Waals surface area (Å²) >= 11 is 1.56. The molecule has 1 amide bonds. The van der Waals surface area contributed by atoms with E-state index in [4.69, 9.17) is 14.5 Å². The maximum Gasteiger partial charge on any atom is 0.266 e. The van der Waals surface area contributed by atoms with Gasteiger partial charge in [-0.1, -0.05) is 35.6 Å². The zero-order valence-corrected chi connectivity index (χ0v) is 19.5. The van der Waals surface area contributed by atoms with Crippen molar-refractivity contribution in [1.29, 1.82) is 0 Å². The molecule has 166 valence electrons. The van der Waals surface area contributed by atoms with Gasteiger partial charge in [-0.25, -0.2) is 4.98 Å². The van der Waals surface area contributed by atoms with Crippen LogP contribution in [0.25, 0.3) is 10.2 Å². The van der Waals surface area contributed by atoms with E-state index in [0.29, 0.717) is 12.3 Å². The number of halogens is 1. The fraction of sp³-hybridized carbons (Fsp3) is 0.391. The number of hydrogen-bond donors (Lipinski definition) is 0. The highest BCUT2D eigenvalue weighted by molar-refractivity contribution is 7.22. The van der Waals surface area contributed by atoms with Gasteiger partial charge in [0.15, 0.2) is 11.7 Å². The highest BCUT2D eigenvalue weighted by atomic mass is 35.5. The molecule has 0 bridgehead atoms. The second-order valence-electron chi connectivity index (χ2n) is 7.45. The maximum atomic E-state index is 13.1. The predicted molar refractivity (Wildman–Crippen MR) is 128 cm³/mol. The van der Waals surface area contributed by atoms with Gasteiger partial charge >= 0.3 is 0 Å². The van der Waals surface area contributed by atoms with Crippen molar-refractivity contribution in [3.05, 3.63) is 53.6 Å². The molecule has 1 saturated heterocycles. The number of carbonyl (C=O) groups excluding carboxylic acids is 1. The number of carbonyl (C=O) groups is 1. The van der Waals surface area contributed by atoms with E-state index in [1.165, 1.54) is 5.56 Å². The molecule has 1 fully saturated rings. The Morgan fingerprint density at radius 2 is 1.90 bits per heavy atom. The fourth-order valence-electron chi connectivity index (χ4n) is 3.46. The van der Waals surface area contributed by atoms with Crippen LogP contribution < -0.4 is 9.64 Å². The first-order chi connectivity index (χ1) is 14.6. The van der Waals surface area contributed by atoms with E-state index in [0.717, 1.165) is 53.8 Å². The Balaban J connectivity index is 0.00000272. The first-order valence-corrected chi connectivity index (χ1v) is 11.1. The van der Waals surface area contributed by atoms with E-state index in [2.05, 4.69) is 30.9 Å². The minimum atomic E-state index is -0.0828. The summed E-state index contributed by atoms with van der Waals surface area (Å²) in [5, 5.41) is 0.730. The molecule has 0 N–H and O–H groups in total. The average Bonchev–Trinajstić information content (AvgIpc) is 3.21. The number of rotatable bonds is 7. The number of morpholine rings is 1. The minimum Gasteiger partial charge on any atom is -0.484 e. The summed E-state index contributed by atoms with van der Waals surface area (Å²) in [5.74, 6) is 0.607. The molecular formula is C23H28ClN3O3S. The Morgan fingerprint density at radius 3 is 2.65 bits per heavy atom. The lowest BCUT2D eigenvalue weighted by atomic mass is 10.1. The van der Waals surface area contributed by atoms with Gasteiger partial charge in [0.05, 0.1) is 23.4 Å². The van der Waals surface area contributed by atoms with Crippen molar-refractivity contribution in [2.24, 2.45) is 0 Å². The Kier molecular flexibility index (Phi) is 8.26. The number of anilines is 1. The van der Waals surface area contributed by atoms with Gasteiger partial charge in [0.1, 0.15) is 5.75 Å². The van der Waals surface area contributed by atoms with Crippen LogP contribution in [-0.2, 0) is 9.53 Å². The molecule has 1 aromatic heterocycles. The van der Waals surface area contributed by atoms with Crippen molar-refractivity contribution < 1.29 is 14.3 Å². The smallest absolute Gasteiger partial charge is 0.266 e. The molecule has 3 aromatic rings. The number of para-hydroxylation sites is 1. The maximum absolute atomic E-state index is 13.1. The summed E-state index contributed by atoms with van der Waals surface area (Å²) in [6.45, 7) is 8.78. The van der Waals surface area contributed by atoms with Crippen molar-refractivity contribution in [3.63, 3.8) is 0 Å². The van der Waals surface area contributed by atoms with Crippen molar-refractivity contribution in [3.8, 4) is 5.75 Å². The van der Waals surface area contributed by atoms with Gasteiger partial charge < -0.3 is 9.47 Å². The molecule has 2 heterocycles. The zero-order chi connectivity index (χ0) is 20.9. The Bertz CT molecular complexity index is 1010. The monoisotopic (exact) mass is 461 g/mol. The van der Waals surface area contributed by atoms with Crippen LogP contribution in [0, 0.1) is 13.8 Å². The molecule has 1 aliphatic rings. The molecular weight excluding hydrogens is 434 g/mol. The van der Waals surface area contributed by atoms with Crippen molar-refractivity contribution in [1.82, 2.24) is 9.88 Å². The van der Waals surface area contributed by atoms with Crippen LogP contribution in [0.3, 0.4) is 0 Å². The summed E-state index contributed by atoms with van der Waals surface area (Å²) in [6, 6.07) is 13.6. The number of fused-ring (bicyclic) bond motifs is 1. The summed E-state index contributed by atoms with van der Waals surface area (Å²) < 4.78 is 12.3. The lowest BCUT2D eigenvalue weighted by Gasteiger charge is -2.29. The van der Waals surface area contributed by atoms with E-state index < -0.39 is 0 Å². The normalized spacial score (nSPS) is 14.3. The minimum absolute atomic E-state index is 0. The number of ether oxygens (including phenoxy) is 2. The molecule has 0 radical (unpaired) electrons. The predicted octanol–water partition coefficient (Wildman–Crippen LogP) is 4.08. The SMILES string of the molecule is Cc1ccc2sc(N(CCN3CCOCC3)C(=O)COc3ccccc3)nc2c1C.Cl. The van der Waals surface area contributed by atoms with Gasteiger partial charge in [-0.3, -0.25) is 14.6 Å². The standard InChI is InChI=1S/C23H27N3O3S.ClH/c1-17-8-9-20-22(18(17)2)24-23(30-20)26(11-10-25-12-14-28-15-13-25)21(27)16-29-19-6-4-3-5-7-19;/h3-9H,10-16H2,1-2H3;1H. The molecule has 4 rings (SSSR count). The fourth-order valence-corrected chi connectivity index (χ4v) is 4.53. The summed E-state index contributed by atoms with van der Waals surface area (Å²) in [4.78, 5) is 22.1. The van der Waals surface area contributed by atoms with Crippen LogP contribution >= 0.6 is 23.7 Å². The third-order valence-corrected chi connectivity index (χ3v) is 6.50. The van der Waals surface area contributed by atoms with Crippen LogP contribution in [0.15, 0.2) is 42.5 Å². The van der Waals surface area contributed by atoms with Gasteiger partial charge in [-0.15, -0.1) is 12.4 Å². The molecule has 0 spiro atoms. The van der Waals surface area contributed by atoms with E-state index in [1.54, 1.807) is 16.2 Å². The van der Waals surface area contributed by atoms with Gasteiger partial charge in [0.25, 0.3) is 5.91 Å². The van der Waals surface area contributed by atoms with E-state index in [1.807, 2.05) is 30.3 Å². The second-order valence-corrected chi connectivity index (χ2v) is 8.46. The number of benzene rings is 2. The third kappa shape index (κ3) is 5.74. The summed E-state index contributed by atoms with van der Waals surface area (Å²) in [5.41, 5.74) is 3.34. The van der Waals surface area contributed by atoms with E-state index in [-0.39, 0.29) is 24.9 Å². The van der Waals surface area contributed by atoms with Crippen molar-refractivity contribution in [2.75, 3.05) is 50.9 Å². The average molecular weight is 462 g/mol. The number of hydrogen-bond acceptors (Lipinski definition) is 6. The van der Waals surface area contributed by atoms with Crippen LogP contribution in [0.1, 0.15) is 11.1 Å². The van der Waals surface area contributed by atoms with Crippen LogP contribution in [-0.4, -0.2) is 61.8 Å². The van der Waals surface area contributed by atoms with Crippen LogP contribution in [0.2, 0.25) is 0 Å². The first-order valence-electron chi connectivity index (χ1n) is 10.3. The second kappa shape index (κ2) is 10.9. The first kappa shape index (κ1) is 23.5. The van der Waals surface area contributed by atoms with Gasteiger partial charge in [0, 0.05) is 26.2 Å². The molecule has 0 aliphatic carbocycles. The van der Waals surface area contributed by atoms with Crippen LogP contribution in [0.4, 0.5) is 5.13 Å². The largest absolute Gasteiger partial charge is 0.484 e.